The predicted octanol–water partition coefficient (Wildman–Crippen LogP) is 2.66. The molecule has 0 aliphatic rings. The summed E-state index contributed by atoms with van der Waals surface area (Å²) in [7, 11) is 0. The quantitative estimate of drug-likeness (QED) is 0.710. The van der Waals surface area contributed by atoms with E-state index >= 15 is 0 Å². The maximum atomic E-state index is 5.70. The average molecular weight is 182 g/mol. The van der Waals surface area contributed by atoms with Crippen molar-refractivity contribution in [2.75, 3.05) is 5.73 Å². The molecular formula is C13H12N. The van der Waals surface area contributed by atoms with Gasteiger partial charge in [0.2, 0.25) is 0 Å². The first kappa shape index (κ1) is 8.82. The van der Waals surface area contributed by atoms with E-state index in [1.165, 1.54) is 11.1 Å². The van der Waals surface area contributed by atoms with Crippen LogP contribution in [0.15, 0.2) is 48.5 Å². The Labute approximate surface area is 84.2 Å². The summed E-state index contributed by atoms with van der Waals surface area (Å²) in [5, 5.41) is 0. The standard InChI is InChI=1S/C13H12N/c14-13-8-4-7-12(10-13)9-11-5-2-1-3-6-11/h1-5,7-8,10H,9,14H2. The molecule has 2 aromatic rings. The van der Waals surface area contributed by atoms with Gasteiger partial charge in [0.25, 0.3) is 0 Å². The summed E-state index contributed by atoms with van der Waals surface area (Å²) in [6.07, 6.45) is 0.895. The Bertz CT molecular complexity index is 407. The van der Waals surface area contributed by atoms with E-state index in [-0.39, 0.29) is 0 Å². The zero-order valence-corrected chi connectivity index (χ0v) is 7.90. The lowest BCUT2D eigenvalue weighted by Gasteiger charge is -2.01. The van der Waals surface area contributed by atoms with Crippen molar-refractivity contribution in [2.24, 2.45) is 0 Å². The van der Waals surface area contributed by atoms with Crippen LogP contribution >= 0.6 is 0 Å². The monoisotopic (exact) mass is 182 g/mol. The van der Waals surface area contributed by atoms with Crippen LogP contribution in [0.2, 0.25) is 0 Å². The lowest BCUT2D eigenvalue weighted by atomic mass is 10.0. The fraction of sp³-hybridized carbons (Fsp3) is 0.0769. The number of hydrogen-bond donors (Lipinski definition) is 1. The number of benzene rings is 2. The van der Waals surface area contributed by atoms with Crippen LogP contribution < -0.4 is 5.73 Å². The normalized spacial score (nSPS) is 10.0. The van der Waals surface area contributed by atoms with Crippen LogP contribution in [0.3, 0.4) is 0 Å². The second kappa shape index (κ2) is 3.97. The van der Waals surface area contributed by atoms with Crippen molar-refractivity contribution in [1.82, 2.24) is 0 Å². The first-order chi connectivity index (χ1) is 6.84. The van der Waals surface area contributed by atoms with Crippen molar-refractivity contribution in [3.05, 3.63) is 65.7 Å². The maximum absolute atomic E-state index is 5.70. The summed E-state index contributed by atoms with van der Waals surface area (Å²) in [5.74, 6) is 0. The molecule has 2 N–H and O–H groups in total. The second-order valence-corrected chi connectivity index (χ2v) is 3.31. The Morgan fingerprint density at radius 2 is 2.00 bits per heavy atom. The number of nitrogen functional groups attached to an aromatic ring is 1. The van der Waals surface area contributed by atoms with Gasteiger partial charge in [-0.05, 0) is 35.7 Å². The molecule has 14 heavy (non-hydrogen) atoms. The van der Waals surface area contributed by atoms with E-state index in [1.807, 2.05) is 36.4 Å². The van der Waals surface area contributed by atoms with Crippen LogP contribution in [-0.4, -0.2) is 0 Å². The van der Waals surface area contributed by atoms with Crippen LogP contribution in [0.5, 0.6) is 0 Å². The molecule has 0 saturated carbocycles. The maximum Gasteiger partial charge on any atom is 0.0316 e. The van der Waals surface area contributed by atoms with E-state index in [4.69, 9.17) is 5.73 Å². The molecule has 2 aromatic carbocycles. The first-order valence-electron chi connectivity index (χ1n) is 4.64. The molecule has 0 spiro atoms. The van der Waals surface area contributed by atoms with Crippen molar-refractivity contribution in [3.63, 3.8) is 0 Å². The second-order valence-electron chi connectivity index (χ2n) is 3.31. The minimum absolute atomic E-state index is 0.818. The third kappa shape index (κ3) is 2.13. The highest BCUT2D eigenvalue weighted by Crippen LogP contribution is 2.11. The van der Waals surface area contributed by atoms with E-state index in [2.05, 4.69) is 18.2 Å². The van der Waals surface area contributed by atoms with Gasteiger partial charge in [0.1, 0.15) is 0 Å². The van der Waals surface area contributed by atoms with Crippen LogP contribution in [0.25, 0.3) is 0 Å². The molecule has 0 atom stereocenters. The summed E-state index contributed by atoms with van der Waals surface area (Å²) >= 11 is 0. The van der Waals surface area contributed by atoms with Crippen LogP contribution in [0.1, 0.15) is 11.1 Å². The van der Waals surface area contributed by atoms with Gasteiger partial charge < -0.3 is 5.73 Å². The Morgan fingerprint density at radius 1 is 1.07 bits per heavy atom. The van der Waals surface area contributed by atoms with E-state index in [9.17, 15) is 0 Å². The highest BCUT2D eigenvalue weighted by atomic mass is 14.5. The third-order valence-electron chi connectivity index (χ3n) is 2.12. The zero-order chi connectivity index (χ0) is 9.80. The van der Waals surface area contributed by atoms with Gasteiger partial charge in [0, 0.05) is 5.69 Å². The van der Waals surface area contributed by atoms with E-state index in [1.54, 1.807) is 0 Å². The first-order valence-corrected chi connectivity index (χ1v) is 4.64. The average Bonchev–Trinajstić information content (AvgIpc) is 2.19. The van der Waals surface area contributed by atoms with Gasteiger partial charge in [0.15, 0.2) is 0 Å². The molecular weight excluding hydrogens is 170 g/mol. The summed E-state index contributed by atoms with van der Waals surface area (Å²) < 4.78 is 0. The molecule has 0 heterocycles. The van der Waals surface area contributed by atoms with Gasteiger partial charge in [-0.15, -0.1) is 0 Å². The molecule has 2 rings (SSSR count). The van der Waals surface area contributed by atoms with E-state index in [0.29, 0.717) is 0 Å². The van der Waals surface area contributed by atoms with Crippen molar-refractivity contribution in [3.8, 4) is 0 Å². The molecule has 0 saturated heterocycles. The van der Waals surface area contributed by atoms with Gasteiger partial charge in [0.05, 0.1) is 0 Å². The van der Waals surface area contributed by atoms with Gasteiger partial charge in [-0.3, -0.25) is 0 Å². The van der Waals surface area contributed by atoms with Crippen molar-refractivity contribution >= 4 is 5.69 Å². The summed E-state index contributed by atoms with van der Waals surface area (Å²) in [4.78, 5) is 0. The Balaban J connectivity index is 2.19. The van der Waals surface area contributed by atoms with Crippen molar-refractivity contribution < 1.29 is 0 Å². The molecule has 0 bridgehead atoms. The summed E-state index contributed by atoms with van der Waals surface area (Å²) in [5.41, 5.74) is 8.94. The number of hydrogen-bond acceptors (Lipinski definition) is 1. The van der Waals surface area contributed by atoms with Crippen LogP contribution in [0, 0.1) is 6.07 Å². The van der Waals surface area contributed by atoms with Gasteiger partial charge >= 0.3 is 0 Å². The zero-order valence-electron chi connectivity index (χ0n) is 7.90. The fourth-order valence-corrected chi connectivity index (χ4v) is 1.46. The van der Waals surface area contributed by atoms with Crippen molar-refractivity contribution in [2.45, 2.75) is 6.42 Å². The molecule has 0 aromatic heterocycles. The predicted molar refractivity (Wildman–Crippen MR) is 58.9 cm³/mol. The molecule has 0 fully saturated rings. The summed E-state index contributed by atoms with van der Waals surface area (Å²) in [6, 6.07) is 19.2. The Kier molecular flexibility index (Phi) is 2.50. The molecule has 0 unspecified atom stereocenters. The van der Waals surface area contributed by atoms with Gasteiger partial charge in [-0.25, -0.2) is 0 Å². The molecule has 1 nitrogen and oxygen atoms in total. The van der Waals surface area contributed by atoms with Crippen LogP contribution in [0.4, 0.5) is 5.69 Å². The van der Waals surface area contributed by atoms with E-state index in [0.717, 1.165) is 12.1 Å². The molecule has 1 heteroatoms. The SMILES string of the molecule is Nc1cccc(Cc2[c]cccc2)c1. The van der Waals surface area contributed by atoms with Gasteiger partial charge in [-0.2, -0.15) is 0 Å². The van der Waals surface area contributed by atoms with Gasteiger partial charge in [-0.1, -0.05) is 36.4 Å². The Morgan fingerprint density at radius 3 is 2.71 bits per heavy atom. The lowest BCUT2D eigenvalue weighted by molar-refractivity contribution is 1.19. The molecule has 0 amide bonds. The van der Waals surface area contributed by atoms with E-state index < -0.39 is 0 Å². The minimum Gasteiger partial charge on any atom is -0.399 e. The minimum atomic E-state index is 0.818. The Hall–Kier alpha value is -1.76. The molecule has 69 valence electrons. The number of nitrogens with two attached hydrogens (primary N) is 1. The molecule has 1 radical (unpaired) electrons. The number of anilines is 1. The topological polar surface area (TPSA) is 26.0 Å². The molecule has 0 aliphatic heterocycles. The van der Waals surface area contributed by atoms with Crippen LogP contribution in [-0.2, 0) is 6.42 Å². The summed E-state index contributed by atoms with van der Waals surface area (Å²) in [6.45, 7) is 0. The van der Waals surface area contributed by atoms with Crippen molar-refractivity contribution in [1.29, 1.82) is 0 Å². The third-order valence-corrected chi connectivity index (χ3v) is 2.12. The lowest BCUT2D eigenvalue weighted by Crippen LogP contribution is -1.90. The largest absolute Gasteiger partial charge is 0.399 e. The molecule has 0 aliphatic carbocycles. The number of rotatable bonds is 2. The highest BCUT2D eigenvalue weighted by molar-refractivity contribution is 5.42. The fourth-order valence-electron chi connectivity index (χ4n) is 1.46. The smallest absolute Gasteiger partial charge is 0.0316 e. The highest BCUT2D eigenvalue weighted by Gasteiger charge is 1.95.